The molecule has 2 aromatic rings. The Balaban J connectivity index is 1.87. The van der Waals surface area contributed by atoms with Crippen LogP contribution < -0.4 is 0 Å². The molecule has 0 fully saturated rings. The molecule has 2 aliphatic rings. The van der Waals surface area contributed by atoms with Crippen molar-refractivity contribution >= 4 is 5.57 Å². The maximum absolute atomic E-state index is 9.40. The largest absolute Gasteiger partial charge is 0.356 e. The van der Waals surface area contributed by atoms with E-state index in [-0.39, 0.29) is 0 Å². The van der Waals surface area contributed by atoms with Gasteiger partial charge >= 0.3 is 0 Å². The Morgan fingerprint density at radius 1 is 1.23 bits per heavy atom. The first-order chi connectivity index (χ1) is 10.8. The summed E-state index contributed by atoms with van der Waals surface area (Å²) in [6, 6.07) is 12.2. The molecule has 106 valence electrons. The van der Waals surface area contributed by atoms with E-state index in [9.17, 15) is 5.26 Å². The highest BCUT2D eigenvalue weighted by atomic mass is 15.4. The number of rotatable bonds is 1. The van der Waals surface area contributed by atoms with E-state index in [1.807, 2.05) is 65.4 Å². The van der Waals surface area contributed by atoms with Crippen LogP contribution in [0, 0.1) is 11.3 Å². The van der Waals surface area contributed by atoms with Crippen molar-refractivity contribution in [2.45, 2.75) is 6.54 Å². The lowest BCUT2D eigenvalue weighted by atomic mass is 9.95. The molecule has 4 rings (SSSR count). The molecule has 0 bridgehead atoms. The normalized spacial score (nSPS) is 16.0. The summed E-state index contributed by atoms with van der Waals surface area (Å²) in [5, 5.41) is 14.0. The Morgan fingerprint density at radius 2 is 2.05 bits per heavy atom. The minimum atomic E-state index is 0.465. The minimum absolute atomic E-state index is 0.465. The average Bonchev–Trinajstić information content (AvgIpc) is 2.99. The first kappa shape index (κ1) is 12.6. The van der Waals surface area contributed by atoms with E-state index in [0.717, 1.165) is 22.5 Å². The van der Waals surface area contributed by atoms with Gasteiger partial charge in [-0.3, -0.25) is 0 Å². The zero-order valence-electron chi connectivity index (χ0n) is 12.1. The predicted octanol–water partition coefficient (Wildman–Crippen LogP) is 2.58. The summed E-state index contributed by atoms with van der Waals surface area (Å²) in [5.41, 5.74) is 3.58. The molecular formula is C17H13N5. The molecule has 0 unspecified atom stereocenters. The third-order valence-corrected chi connectivity index (χ3v) is 3.81. The van der Waals surface area contributed by atoms with Gasteiger partial charge < -0.3 is 4.90 Å². The molecule has 2 aliphatic heterocycles. The number of hydrogen-bond acceptors (Lipinski definition) is 4. The van der Waals surface area contributed by atoms with Gasteiger partial charge in [0.1, 0.15) is 0 Å². The van der Waals surface area contributed by atoms with Gasteiger partial charge in [-0.2, -0.15) is 10.4 Å². The van der Waals surface area contributed by atoms with Crippen molar-refractivity contribution in [3.63, 3.8) is 0 Å². The number of aromatic nitrogens is 3. The van der Waals surface area contributed by atoms with Crippen molar-refractivity contribution in [1.82, 2.24) is 19.7 Å². The lowest BCUT2D eigenvalue weighted by molar-refractivity contribution is 0.611. The fourth-order valence-corrected chi connectivity index (χ4v) is 2.73. The van der Waals surface area contributed by atoms with E-state index in [4.69, 9.17) is 0 Å². The first-order valence-corrected chi connectivity index (χ1v) is 7.02. The van der Waals surface area contributed by atoms with E-state index in [1.54, 1.807) is 0 Å². The molecule has 0 amide bonds. The number of allylic oxidation sites excluding steroid dienone is 4. The van der Waals surface area contributed by atoms with Gasteiger partial charge in [0.2, 0.25) is 0 Å². The maximum atomic E-state index is 9.40. The van der Waals surface area contributed by atoms with Crippen molar-refractivity contribution in [3.8, 4) is 17.5 Å². The second-order valence-electron chi connectivity index (χ2n) is 5.31. The zero-order chi connectivity index (χ0) is 15.1. The number of nitriles is 1. The molecule has 0 radical (unpaired) electrons. The van der Waals surface area contributed by atoms with Crippen molar-refractivity contribution in [3.05, 3.63) is 65.8 Å². The second-order valence-corrected chi connectivity index (χ2v) is 5.31. The van der Waals surface area contributed by atoms with Crippen LogP contribution in [0.4, 0.5) is 0 Å². The molecular weight excluding hydrogens is 274 g/mol. The second kappa shape index (κ2) is 4.71. The van der Waals surface area contributed by atoms with Crippen LogP contribution in [0.5, 0.6) is 0 Å². The summed E-state index contributed by atoms with van der Waals surface area (Å²) in [4.78, 5) is 6.65. The van der Waals surface area contributed by atoms with Gasteiger partial charge in [-0.1, -0.05) is 30.3 Å². The van der Waals surface area contributed by atoms with Gasteiger partial charge in [-0.05, 0) is 6.08 Å². The molecule has 5 heteroatoms. The molecule has 0 atom stereocenters. The van der Waals surface area contributed by atoms with Crippen molar-refractivity contribution in [1.29, 1.82) is 5.26 Å². The lowest BCUT2D eigenvalue weighted by Gasteiger charge is -2.23. The fourth-order valence-electron chi connectivity index (χ4n) is 2.73. The quantitative estimate of drug-likeness (QED) is 0.809. The molecule has 22 heavy (non-hydrogen) atoms. The monoisotopic (exact) mass is 287 g/mol. The van der Waals surface area contributed by atoms with E-state index in [1.165, 1.54) is 0 Å². The van der Waals surface area contributed by atoms with Gasteiger partial charge in [0.15, 0.2) is 11.6 Å². The van der Waals surface area contributed by atoms with Crippen LogP contribution in [0.15, 0.2) is 60.0 Å². The van der Waals surface area contributed by atoms with Crippen LogP contribution in [-0.2, 0) is 6.54 Å². The third kappa shape index (κ3) is 1.85. The van der Waals surface area contributed by atoms with Crippen LogP contribution in [0.25, 0.3) is 17.0 Å². The molecule has 0 saturated heterocycles. The number of fused-ring (bicyclic) bond motifs is 3. The highest BCUT2D eigenvalue weighted by molar-refractivity contribution is 5.83. The molecule has 0 aliphatic carbocycles. The Labute approximate surface area is 128 Å². The Morgan fingerprint density at radius 3 is 2.82 bits per heavy atom. The minimum Gasteiger partial charge on any atom is -0.356 e. The van der Waals surface area contributed by atoms with E-state index >= 15 is 0 Å². The standard InChI is InChI=1S/C17H13N5/c1-21-8-7-14-13(9-18)10-22-17(15(14)11-21)19-16(20-22)12-5-3-2-4-6-12/h2-8,11H,10H2,1H3. The molecule has 5 nitrogen and oxygen atoms in total. The summed E-state index contributed by atoms with van der Waals surface area (Å²) in [7, 11) is 1.96. The molecule has 1 aromatic carbocycles. The molecule has 1 aromatic heterocycles. The lowest BCUT2D eigenvalue weighted by Crippen LogP contribution is -2.18. The molecule has 0 spiro atoms. The van der Waals surface area contributed by atoms with Gasteiger partial charge in [-0.25, -0.2) is 9.67 Å². The van der Waals surface area contributed by atoms with Gasteiger partial charge in [0.25, 0.3) is 0 Å². The first-order valence-electron chi connectivity index (χ1n) is 7.02. The fraction of sp³-hybridized carbons (Fsp3) is 0.118. The summed E-state index contributed by atoms with van der Waals surface area (Å²) >= 11 is 0. The van der Waals surface area contributed by atoms with E-state index < -0.39 is 0 Å². The predicted molar refractivity (Wildman–Crippen MR) is 83.0 cm³/mol. The average molecular weight is 287 g/mol. The third-order valence-electron chi connectivity index (χ3n) is 3.81. The highest BCUT2D eigenvalue weighted by Crippen LogP contribution is 2.34. The topological polar surface area (TPSA) is 57.7 Å². The highest BCUT2D eigenvalue weighted by Gasteiger charge is 2.27. The van der Waals surface area contributed by atoms with Crippen LogP contribution in [-0.4, -0.2) is 26.7 Å². The molecule has 0 saturated carbocycles. The van der Waals surface area contributed by atoms with E-state index in [0.29, 0.717) is 17.9 Å². The maximum Gasteiger partial charge on any atom is 0.181 e. The number of hydrogen-bond donors (Lipinski definition) is 0. The molecule has 3 heterocycles. The Hall–Kier alpha value is -3.13. The van der Waals surface area contributed by atoms with Crippen molar-refractivity contribution in [2.24, 2.45) is 0 Å². The van der Waals surface area contributed by atoms with Gasteiger partial charge in [0, 0.05) is 36.2 Å². The van der Waals surface area contributed by atoms with Gasteiger partial charge in [0.05, 0.1) is 18.2 Å². The number of benzene rings is 1. The summed E-state index contributed by atoms with van der Waals surface area (Å²) in [5.74, 6) is 1.50. The summed E-state index contributed by atoms with van der Waals surface area (Å²) < 4.78 is 1.81. The SMILES string of the molecule is CN1C=CC2=C(C#N)Cn3nc(-c4ccccc4)nc3C2=C1. The van der Waals surface area contributed by atoms with Crippen LogP contribution in [0.1, 0.15) is 5.82 Å². The summed E-state index contributed by atoms with van der Waals surface area (Å²) in [6.07, 6.45) is 5.90. The smallest absolute Gasteiger partial charge is 0.181 e. The van der Waals surface area contributed by atoms with Crippen molar-refractivity contribution in [2.75, 3.05) is 7.05 Å². The van der Waals surface area contributed by atoms with Crippen LogP contribution in [0.3, 0.4) is 0 Å². The number of nitrogens with zero attached hydrogens (tertiary/aromatic N) is 5. The summed E-state index contributed by atoms with van der Waals surface area (Å²) in [6.45, 7) is 0.465. The van der Waals surface area contributed by atoms with Gasteiger partial charge in [-0.15, -0.1) is 0 Å². The van der Waals surface area contributed by atoms with E-state index in [2.05, 4.69) is 16.2 Å². The Kier molecular flexibility index (Phi) is 2.70. The Bertz CT molecular complexity index is 878. The van der Waals surface area contributed by atoms with Crippen LogP contribution in [0.2, 0.25) is 0 Å². The zero-order valence-corrected chi connectivity index (χ0v) is 12.1. The van der Waals surface area contributed by atoms with Crippen molar-refractivity contribution < 1.29 is 0 Å². The molecule has 0 N–H and O–H groups in total. The van der Waals surface area contributed by atoms with Crippen LogP contribution >= 0.6 is 0 Å².